The zero-order valence-corrected chi connectivity index (χ0v) is 13.4. The number of benzene rings is 1. The molecule has 22 heavy (non-hydrogen) atoms. The quantitative estimate of drug-likeness (QED) is 0.907. The van der Waals surface area contributed by atoms with Crippen LogP contribution in [-0.4, -0.2) is 37.0 Å². The van der Waals surface area contributed by atoms with E-state index < -0.39 is 5.82 Å². The first kappa shape index (κ1) is 17.0. The van der Waals surface area contributed by atoms with Crippen LogP contribution in [0, 0.1) is 17.7 Å². The van der Waals surface area contributed by atoms with E-state index in [2.05, 4.69) is 0 Å². The van der Waals surface area contributed by atoms with Crippen molar-refractivity contribution in [3.63, 3.8) is 0 Å². The molecule has 1 heterocycles. The summed E-state index contributed by atoms with van der Waals surface area (Å²) in [5.41, 5.74) is 6.27. The van der Waals surface area contributed by atoms with Gasteiger partial charge in [0.15, 0.2) is 0 Å². The van der Waals surface area contributed by atoms with Gasteiger partial charge in [-0.2, -0.15) is 0 Å². The monoisotopic (exact) mass is 328 g/mol. The van der Waals surface area contributed by atoms with Gasteiger partial charge in [0.25, 0.3) is 5.91 Å². The van der Waals surface area contributed by atoms with Crippen molar-refractivity contribution in [1.29, 1.82) is 0 Å². The van der Waals surface area contributed by atoms with Gasteiger partial charge in [-0.25, -0.2) is 4.39 Å². The fourth-order valence-electron chi connectivity index (χ4n) is 3.65. The fraction of sp³-hybridized carbons (Fsp3) is 0.562. The Morgan fingerprint density at radius 1 is 1.36 bits per heavy atom. The van der Waals surface area contributed by atoms with E-state index in [4.69, 9.17) is 10.5 Å². The molecule has 1 saturated heterocycles. The lowest BCUT2D eigenvalue weighted by atomic mass is 9.78. The zero-order chi connectivity index (χ0) is 15.0. The summed E-state index contributed by atoms with van der Waals surface area (Å²) < 4.78 is 19.0. The van der Waals surface area contributed by atoms with Crippen LogP contribution in [0.1, 0.15) is 29.6 Å². The van der Waals surface area contributed by atoms with Crippen LogP contribution in [0.25, 0.3) is 0 Å². The topological polar surface area (TPSA) is 55.6 Å². The third-order valence-corrected chi connectivity index (χ3v) is 4.85. The number of hydrogen-bond acceptors (Lipinski definition) is 3. The molecular weight excluding hydrogens is 307 g/mol. The Kier molecular flexibility index (Phi) is 5.29. The molecular formula is C16H22ClFN2O2. The highest BCUT2D eigenvalue weighted by atomic mass is 35.5. The van der Waals surface area contributed by atoms with Crippen molar-refractivity contribution in [2.75, 3.05) is 20.2 Å². The third-order valence-electron chi connectivity index (χ3n) is 4.85. The lowest BCUT2D eigenvalue weighted by Crippen LogP contribution is -2.38. The lowest BCUT2D eigenvalue weighted by molar-refractivity contribution is 0.0779. The number of carbonyl (C=O) groups excluding carboxylic acids is 1. The molecule has 1 saturated carbocycles. The number of methoxy groups -OCH3 is 1. The molecule has 3 atom stereocenters. The molecule has 3 unspecified atom stereocenters. The van der Waals surface area contributed by atoms with Gasteiger partial charge in [-0.05, 0) is 36.8 Å². The molecule has 6 heteroatoms. The number of likely N-dealkylation sites (tertiary alicyclic amines) is 1. The Bertz CT molecular complexity index is 555. The van der Waals surface area contributed by atoms with Gasteiger partial charge >= 0.3 is 0 Å². The number of nitrogens with two attached hydrogens (primary N) is 1. The number of fused-ring (bicyclic) bond motifs is 1. The smallest absolute Gasteiger partial charge is 0.256 e. The molecule has 0 spiro atoms. The molecule has 122 valence electrons. The normalized spacial score (nSPS) is 27.0. The second-order valence-corrected chi connectivity index (χ2v) is 6.07. The molecule has 1 aromatic carbocycles. The summed E-state index contributed by atoms with van der Waals surface area (Å²) >= 11 is 0. The van der Waals surface area contributed by atoms with E-state index in [-0.39, 0.29) is 29.9 Å². The van der Waals surface area contributed by atoms with Gasteiger partial charge < -0.3 is 15.4 Å². The summed E-state index contributed by atoms with van der Waals surface area (Å²) in [5.74, 6) is 0.486. The van der Waals surface area contributed by atoms with Crippen LogP contribution < -0.4 is 10.5 Å². The molecule has 1 aromatic rings. The number of halogens is 2. The second-order valence-electron chi connectivity index (χ2n) is 6.07. The number of carbonyl (C=O) groups is 1. The molecule has 0 aromatic heterocycles. The maximum absolute atomic E-state index is 14.0. The number of hydrogen-bond donors (Lipinski definition) is 1. The highest BCUT2D eigenvalue weighted by Gasteiger charge is 2.40. The predicted octanol–water partition coefficient (Wildman–Crippen LogP) is 2.46. The highest BCUT2D eigenvalue weighted by molar-refractivity contribution is 5.94. The zero-order valence-electron chi connectivity index (χ0n) is 12.6. The largest absolute Gasteiger partial charge is 0.497 e. The first-order valence-corrected chi connectivity index (χ1v) is 7.48. The Morgan fingerprint density at radius 3 is 2.77 bits per heavy atom. The van der Waals surface area contributed by atoms with E-state index in [1.807, 2.05) is 0 Å². The summed E-state index contributed by atoms with van der Waals surface area (Å²) in [6.07, 6.45) is 3.27. The van der Waals surface area contributed by atoms with Gasteiger partial charge in [0.2, 0.25) is 0 Å². The Morgan fingerprint density at radius 2 is 2.14 bits per heavy atom. The molecule has 1 aliphatic heterocycles. The van der Waals surface area contributed by atoms with Gasteiger partial charge in [0, 0.05) is 25.2 Å². The second kappa shape index (κ2) is 6.84. The van der Waals surface area contributed by atoms with Crippen LogP contribution in [0.15, 0.2) is 18.2 Å². The van der Waals surface area contributed by atoms with E-state index in [0.29, 0.717) is 30.7 Å². The van der Waals surface area contributed by atoms with Gasteiger partial charge in [0.05, 0.1) is 12.7 Å². The minimum absolute atomic E-state index is 0. The third kappa shape index (κ3) is 3.06. The average Bonchev–Trinajstić information content (AvgIpc) is 2.92. The summed E-state index contributed by atoms with van der Waals surface area (Å²) in [6.45, 7) is 1.35. The van der Waals surface area contributed by atoms with E-state index in [9.17, 15) is 9.18 Å². The van der Waals surface area contributed by atoms with Crippen molar-refractivity contribution in [2.24, 2.45) is 17.6 Å². The average molecular weight is 329 g/mol. The first-order chi connectivity index (χ1) is 10.1. The molecule has 1 aliphatic carbocycles. The SMILES string of the molecule is COc1ccc(C(=O)N2CC3CCCC(N)C3C2)c(F)c1.Cl. The molecule has 2 aliphatic rings. The van der Waals surface area contributed by atoms with Crippen LogP contribution in [0.2, 0.25) is 0 Å². The van der Waals surface area contributed by atoms with Crippen molar-refractivity contribution < 1.29 is 13.9 Å². The van der Waals surface area contributed by atoms with Gasteiger partial charge in [0.1, 0.15) is 11.6 Å². The maximum Gasteiger partial charge on any atom is 0.256 e. The summed E-state index contributed by atoms with van der Waals surface area (Å²) in [6, 6.07) is 4.54. The summed E-state index contributed by atoms with van der Waals surface area (Å²) in [4.78, 5) is 14.3. The van der Waals surface area contributed by atoms with Gasteiger partial charge in [-0.1, -0.05) is 6.42 Å². The number of ether oxygens (including phenoxy) is 1. The van der Waals surface area contributed by atoms with Crippen LogP contribution >= 0.6 is 12.4 Å². The molecule has 2 fully saturated rings. The number of nitrogens with zero attached hydrogens (tertiary/aromatic N) is 1. The summed E-state index contributed by atoms with van der Waals surface area (Å²) in [5, 5.41) is 0. The molecule has 0 radical (unpaired) electrons. The molecule has 0 bridgehead atoms. The molecule has 2 N–H and O–H groups in total. The minimum Gasteiger partial charge on any atom is -0.497 e. The Labute approximate surface area is 136 Å². The highest BCUT2D eigenvalue weighted by Crippen LogP contribution is 2.36. The van der Waals surface area contributed by atoms with Crippen molar-refractivity contribution in [3.05, 3.63) is 29.6 Å². The van der Waals surface area contributed by atoms with Crippen molar-refractivity contribution in [1.82, 2.24) is 4.90 Å². The first-order valence-electron chi connectivity index (χ1n) is 7.48. The lowest BCUT2D eigenvalue weighted by Gasteiger charge is -2.29. The molecule has 3 rings (SSSR count). The van der Waals surface area contributed by atoms with Crippen LogP contribution in [0.4, 0.5) is 4.39 Å². The Balaban J connectivity index is 0.00000176. The van der Waals surface area contributed by atoms with Crippen LogP contribution in [-0.2, 0) is 0 Å². The van der Waals surface area contributed by atoms with Gasteiger partial charge in [-0.3, -0.25) is 4.79 Å². The fourth-order valence-corrected chi connectivity index (χ4v) is 3.65. The minimum atomic E-state index is -0.529. The van der Waals surface area contributed by atoms with E-state index in [0.717, 1.165) is 19.3 Å². The van der Waals surface area contributed by atoms with E-state index in [1.54, 1.807) is 11.0 Å². The standard InChI is InChI=1S/C16H21FN2O2.ClH/c1-21-11-5-6-12(14(17)7-11)16(20)19-8-10-3-2-4-15(18)13(10)9-19;/h5-7,10,13,15H,2-4,8-9,18H2,1H3;1H. The molecule has 1 amide bonds. The maximum atomic E-state index is 14.0. The van der Waals surface area contributed by atoms with E-state index in [1.165, 1.54) is 19.2 Å². The molecule has 4 nitrogen and oxygen atoms in total. The van der Waals surface area contributed by atoms with Crippen LogP contribution in [0.5, 0.6) is 5.75 Å². The predicted molar refractivity (Wildman–Crippen MR) is 84.9 cm³/mol. The number of rotatable bonds is 2. The Hall–Kier alpha value is -1.33. The summed E-state index contributed by atoms with van der Waals surface area (Å²) in [7, 11) is 1.48. The van der Waals surface area contributed by atoms with Crippen molar-refractivity contribution in [2.45, 2.75) is 25.3 Å². The van der Waals surface area contributed by atoms with Crippen molar-refractivity contribution >= 4 is 18.3 Å². The number of amides is 1. The van der Waals surface area contributed by atoms with Crippen molar-refractivity contribution in [3.8, 4) is 5.75 Å². The van der Waals surface area contributed by atoms with Crippen LogP contribution in [0.3, 0.4) is 0 Å². The van der Waals surface area contributed by atoms with Gasteiger partial charge in [-0.15, -0.1) is 12.4 Å². The van der Waals surface area contributed by atoms with E-state index >= 15 is 0 Å².